The first-order chi connectivity index (χ1) is 8.26. The van der Waals surface area contributed by atoms with Gasteiger partial charge in [0, 0.05) is 13.0 Å². The number of nitrogens with one attached hydrogen (secondary N) is 1. The van der Waals surface area contributed by atoms with Crippen molar-refractivity contribution in [1.82, 2.24) is 5.32 Å². The van der Waals surface area contributed by atoms with Gasteiger partial charge in [0.05, 0.1) is 0 Å². The maximum atomic E-state index is 11.6. The molecule has 4 heteroatoms. The fraction of sp³-hybridized carbons (Fsp3) is 0.615. The number of amides is 1. The summed E-state index contributed by atoms with van der Waals surface area (Å²) in [6.45, 7) is 3.52. The normalized spacial score (nSPS) is 12.4. The van der Waals surface area contributed by atoms with Crippen molar-refractivity contribution in [3.8, 4) is 0 Å². The van der Waals surface area contributed by atoms with Gasteiger partial charge in [-0.2, -0.15) is 11.3 Å². The maximum Gasteiger partial charge on any atom is 0.220 e. The smallest absolute Gasteiger partial charge is 0.220 e. The molecule has 0 spiro atoms. The molecule has 0 saturated carbocycles. The van der Waals surface area contributed by atoms with E-state index in [2.05, 4.69) is 17.6 Å². The molecule has 96 valence electrons. The summed E-state index contributed by atoms with van der Waals surface area (Å²) in [4.78, 5) is 11.6. The monoisotopic (exact) mass is 254 g/mol. The lowest BCUT2D eigenvalue weighted by molar-refractivity contribution is -0.121. The van der Waals surface area contributed by atoms with E-state index in [0.717, 1.165) is 25.8 Å². The molecule has 1 rings (SSSR count). The second-order valence-corrected chi connectivity index (χ2v) is 5.08. The van der Waals surface area contributed by atoms with Gasteiger partial charge in [0.2, 0.25) is 5.91 Å². The number of hydrogen-bond acceptors (Lipinski definition) is 3. The average molecular weight is 254 g/mol. The SMILES string of the molecule is CCC(CCN)CCC(=O)NCc1ccsc1. The fourth-order valence-corrected chi connectivity index (χ4v) is 2.47. The Bertz CT molecular complexity index is 311. The van der Waals surface area contributed by atoms with Gasteiger partial charge in [-0.1, -0.05) is 13.3 Å². The molecule has 1 amide bonds. The van der Waals surface area contributed by atoms with Crippen molar-refractivity contribution in [1.29, 1.82) is 0 Å². The first kappa shape index (κ1) is 14.2. The summed E-state index contributed by atoms with van der Waals surface area (Å²) in [5.74, 6) is 0.735. The second kappa shape index (κ2) is 8.25. The third kappa shape index (κ3) is 5.84. The third-order valence-corrected chi connectivity index (χ3v) is 3.73. The van der Waals surface area contributed by atoms with Crippen LogP contribution in [0.15, 0.2) is 16.8 Å². The quantitative estimate of drug-likeness (QED) is 0.749. The molecule has 3 N–H and O–H groups in total. The number of carbonyl (C=O) groups is 1. The van der Waals surface area contributed by atoms with Crippen LogP contribution >= 0.6 is 11.3 Å². The minimum Gasteiger partial charge on any atom is -0.352 e. The summed E-state index contributed by atoms with van der Waals surface area (Å²) in [5.41, 5.74) is 6.71. The number of hydrogen-bond donors (Lipinski definition) is 2. The van der Waals surface area contributed by atoms with Gasteiger partial charge in [-0.15, -0.1) is 0 Å². The Balaban J connectivity index is 2.16. The molecule has 1 heterocycles. The van der Waals surface area contributed by atoms with Crippen molar-refractivity contribution in [2.24, 2.45) is 11.7 Å². The van der Waals surface area contributed by atoms with E-state index in [9.17, 15) is 4.79 Å². The summed E-state index contributed by atoms with van der Waals surface area (Å²) in [5, 5.41) is 7.03. The zero-order valence-electron chi connectivity index (χ0n) is 10.4. The topological polar surface area (TPSA) is 55.1 Å². The zero-order valence-corrected chi connectivity index (χ0v) is 11.3. The summed E-state index contributed by atoms with van der Waals surface area (Å²) in [6.07, 6.45) is 3.69. The van der Waals surface area contributed by atoms with Crippen LogP contribution in [0.25, 0.3) is 0 Å². The van der Waals surface area contributed by atoms with Crippen LogP contribution in [-0.4, -0.2) is 12.5 Å². The lowest BCUT2D eigenvalue weighted by Crippen LogP contribution is -2.23. The van der Waals surface area contributed by atoms with Crippen molar-refractivity contribution in [2.45, 2.75) is 39.2 Å². The third-order valence-electron chi connectivity index (χ3n) is 3.00. The van der Waals surface area contributed by atoms with E-state index in [1.807, 2.05) is 11.4 Å². The Kier molecular flexibility index (Phi) is 6.89. The summed E-state index contributed by atoms with van der Waals surface area (Å²) >= 11 is 1.65. The van der Waals surface area contributed by atoms with Crippen molar-refractivity contribution in [3.05, 3.63) is 22.4 Å². The van der Waals surface area contributed by atoms with Crippen LogP contribution in [-0.2, 0) is 11.3 Å². The molecule has 0 fully saturated rings. The standard InChI is InChI=1S/C13H22N2OS/c1-2-11(5-7-14)3-4-13(16)15-9-12-6-8-17-10-12/h6,8,10-11H,2-5,7,9,14H2,1H3,(H,15,16). The lowest BCUT2D eigenvalue weighted by Gasteiger charge is -2.12. The Labute approximate surface area is 107 Å². The molecular formula is C13H22N2OS. The molecule has 1 atom stereocenters. The molecule has 17 heavy (non-hydrogen) atoms. The highest BCUT2D eigenvalue weighted by Crippen LogP contribution is 2.14. The van der Waals surface area contributed by atoms with Crippen LogP contribution in [0, 0.1) is 5.92 Å². The highest BCUT2D eigenvalue weighted by molar-refractivity contribution is 7.07. The van der Waals surface area contributed by atoms with E-state index in [4.69, 9.17) is 5.73 Å². The van der Waals surface area contributed by atoms with Gasteiger partial charge < -0.3 is 11.1 Å². The molecule has 0 saturated heterocycles. The van der Waals surface area contributed by atoms with Crippen molar-refractivity contribution in [2.75, 3.05) is 6.54 Å². The minimum atomic E-state index is 0.145. The van der Waals surface area contributed by atoms with Crippen LogP contribution in [0.2, 0.25) is 0 Å². The summed E-state index contributed by atoms with van der Waals surface area (Å²) in [7, 11) is 0. The number of thiophene rings is 1. The molecule has 0 aliphatic rings. The van der Waals surface area contributed by atoms with E-state index >= 15 is 0 Å². The molecule has 0 bridgehead atoms. The van der Waals surface area contributed by atoms with Crippen LogP contribution in [0.5, 0.6) is 0 Å². The molecule has 0 radical (unpaired) electrons. The Morgan fingerprint density at radius 1 is 1.53 bits per heavy atom. The van der Waals surface area contributed by atoms with E-state index in [1.54, 1.807) is 11.3 Å². The highest BCUT2D eigenvalue weighted by Gasteiger charge is 2.08. The predicted molar refractivity (Wildman–Crippen MR) is 72.9 cm³/mol. The van der Waals surface area contributed by atoms with E-state index < -0.39 is 0 Å². The number of rotatable bonds is 8. The van der Waals surface area contributed by atoms with Gasteiger partial charge in [-0.05, 0) is 47.7 Å². The Morgan fingerprint density at radius 2 is 2.35 bits per heavy atom. The molecule has 0 aromatic carbocycles. The van der Waals surface area contributed by atoms with Gasteiger partial charge >= 0.3 is 0 Å². The average Bonchev–Trinajstić information content (AvgIpc) is 2.85. The highest BCUT2D eigenvalue weighted by atomic mass is 32.1. The van der Waals surface area contributed by atoms with Crippen LogP contribution in [0.3, 0.4) is 0 Å². The minimum absolute atomic E-state index is 0.145. The molecule has 0 aliphatic heterocycles. The predicted octanol–water partition coefficient (Wildman–Crippen LogP) is 2.52. The first-order valence-corrected chi connectivity index (χ1v) is 7.18. The first-order valence-electron chi connectivity index (χ1n) is 6.24. The molecule has 3 nitrogen and oxygen atoms in total. The Morgan fingerprint density at radius 3 is 2.94 bits per heavy atom. The van der Waals surface area contributed by atoms with Crippen molar-refractivity contribution < 1.29 is 4.79 Å². The van der Waals surface area contributed by atoms with Gasteiger partial charge in [0.25, 0.3) is 0 Å². The Hall–Kier alpha value is -0.870. The van der Waals surface area contributed by atoms with Crippen molar-refractivity contribution >= 4 is 17.2 Å². The van der Waals surface area contributed by atoms with Crippen molar-refractivity contribution in [3.63, 3.8) is 0 Å². The van der Waals surface area contributed by atoms with E-state index in [0.29, 0.717) is 18.9 Å². The second-order valence-electron chi connectivity index (χ2n) is 4.30. The number of nitrogens with two attached hydrogens (primary N) is 1. The summed E-state index contributed by atoms with van der Waals surface area (Å²) in [6, 6.07) is 2.04. The van der Waals surface area contributed by atoms with Crippen LogP contribution in [0.4, 0.5) is 0 Å². The zero-order chi connectivity index (χ0) is 12.5. The summed E-state index contributed by atoms with van der Waals surface area (Å²) < 4.78 is 0. The molecule has 0 aliphatic carbocycles. The van der Waals surface area contributed by atoms with Gasteiger partial charge in [-0.25, -0.2) is 0 Å². The van der Waals surface area contributed by atoms with E-state index in [-0.39, 0.29) is 5.91 Å². The molecular weight excluding hydrogens is 232 g/mol. The maximum absolute atomic E-state index is 11.6. The molecule has 1 aromatic rings. The van der Waals surface area contributed by atoms with Gasteiger partial charge in [-0.3, -0.25) is 4.79 Å². The van der Waals surface area contributed by atoms with Gasteiger partial charge in [0.15, 0.2) is 0 Å². The number of carbonyl (C=O) groups excluding carboxylic acids is 1. The van der Waals surface area contributed by atoms with Crippen LogP contribution < -0.4 is 11.1 Å². The molecule has 1 unspecified atom stereocenters. The van der Waals surface area contributed by atoms with E-state index in [1.165, 1.54) is 5.56 Å². The largest absolute Gasteiger partial charge is 0.352 e. The van der Waals surface area contributed by atoms with Crippen LogP contribution in [0.1, 0.15) is 38.2 Å². The lowest BCUT2D eigenvalue weighted by atomic mass is 9.96. The van der Waals surface area contributed by atoms with Gasteiger partial charge in [0.1, 0.15) is 0 Å². The molecule has 1 aromatic heterocycles. The fourth-order valence-electron chi connectivity index (χ4n) is 1.81.